The number of para-hydroxylation sites is 2. The van der Waals surface area contributed by atoms with Gasteiger partial charge in [0.05, 0.1) is 5.41 Å². The fourth-order valence-corrected chi connectivity index (χ4v) is 9.97. The highest BCUT2D eigenvalue weighted by Gasteiger charge is 2.48. The van der Waals surface area contributed by atoms with E-state index in [4.69, 9.17) is 6.58 Å². The molecule has 0 spiro atoms. The summed E-state index contributed by atoms with van der Waals surface area (Å²) in [6, 6.07) is 57.7. The fourth-order valence-electron chi connectivity index (χ4n) is 9.97. The van der Waals surface area contributed by atoms with E-state index in [1.807, 2.05) is 13.8 Å². The maximum atomic E-state index is 4.90. The molecule has 0 saturated heterocycles. The summed E-state index contributed by atoms with van der Waals surface area (Å²) < 4.78 is 0. The van der Waals surface area contributed by atoms with Crippen molar-refractivity contribution in [1.29, 1.82) is 0 Å². The summed E-state index contributed by atoms with van der Waals surface area (Å²) in [6.45, 7) is 17.8. The van der Waals surface area contributed by atoms with E-state index in [1.165, 1.54) is 84.6 Å². The van der Waals surface area contributed by atoms with Gasteiger partial charge in [-0.2, -0.15) is 0 Å². The summed E-state index contributed by atoms with van der Waals surface area (Å²) in [5, 5.41) is 6.45. The van der Waals surface area contributed by atoms with Crippen LogP contribution in [0.2, 0.25) is 0 Å². The number of anilines is 2. The SMILES string of the molecule is C=C(/C=C\C=C/C)C1(c2ccccc2Nc2ccccc2)C2=C(C=CCC2)c2ccc(-c3cccc(C(C)(C)c4ccc5c(c4)C=CCC5)c3)cc21.CC.CN.Cc1ccc2ccccc2c1. The van der Waals surface area contributed by atoms with E-state index in [9.17, 15) is 0 Å². The van der Waals surface area contributed by atoms with Gasteiger partial charge in [0.2, 0.25) is 0 Å². The van der Waals surface area contributed by atoms with Crippen LogP contribution in [-0.4, -0.2) is 7.05 Å². The number of rotatable bonds is 9. The summed E-state index contributed by atoms with van der Waals surface area (Å²) >= 11 is 0. The van der Waals surface area contributed by atoms with Crippen LogP contribution in [0.5, 0.6) is 0 Å². The number of nitrogens with one attached hydrogen (secondary N) is 1. The molecular formula is C65H68N2. The Morgan fingerprint density at radius 3 is 2.15 bits per heavy atom. The first-order chi connectivity index (χ1) is 32.8. The molecule has 67 heavy (non-hydrogen) atoms. The highest BCUT2D eigenvalue weighted by Crippen LogP contribution is 2.59. The molecule has 0 fully saturated rings. The summed E-state index contributed by atoms with van der Waals surface area (Å²) in [6.07, 6.45) is 22.1. The summed E-state index contributed by atoms with van der Waals surface area (Å²) in [5.41, 5.74) is 22.8. The van der Waals surface area contributed by atoms with E-state index in [0.717, 1.165) is 42.6 Å². The Balaban J connectivity index is 0.000000381. The van der Waals surface area contributed by atoms with Gasteiger partial charge in [-0.3, -0.25) is 0 Å². The lowest BCUT2D eigenvalue weighted by molar-refractivity contribution is 0.640. The molecule has 0 amide bonds. The van der Waals surface area contributed by atoms with Gasteiger partial charge in [0.15, 0.2) is 0 Å². The Bertz CT molecular complexity index is 2990. The van der Waals surface area contributed by atoms with E-state index in [-0.39, 0.29) is 5.41 Å². The van der Waals surface area contributed by atoms with Gasteiger partial charge in [-0.25, -0.2) is 0 Å². The van der Waals surface area contributed by atoms with Crippen molar-refractivity contribution in [2.24, 2.45) is 5.73 Å². The van der Waals surface area contributed by atoms with Crippen molar-refractivity contribution in [2.75, 3.05) is 12.4 Å². The van der Waals surface area contributed by atoms with E-state index < -0.39 is 5.41 Å². The molecule has 7 aromatic rings. The molecule has 3 N–H and O–H groups in total. The van der Waals surface area contributed by atoms with Gasteiger partial charge in [0.25, 0.3) is 0 Å². The molecule has 0 aromatic heterocycles. The van der Waals surface area contributed by atoms with Gasteiger partial charge in [0.1, 0.15) is 0 Å². The third-order valence-corrected chi connectivity index (χ3v) is 13.4. The van der Waals surface area contributed by atoms with Crippen LogP contribution in [-0.2, 0) is 17.3 Å². The fraction of sp³-hybridized carbons (Fsp3) is 0.200. The van der Waals surface area contributed by atoms with Crippen molar-refractivity contribution in [2.45, 2.75) is 78.1 Å². The smallest absolute Gasteiger partial charge is 0.0691 e. The van der Waals surface area contributed by atoms with Crippen molar-refractivity contribution >= 4 is 33.8 Å². The van der Waals surface area contributed by atoms with E-state index >= 15 is 0 Å². The lowest BCUT2D eigenvalue weighted by atomic mass is 9.64. The molecule has 0 radical (unpaired) electrons. The Morgan fingerprint density at radius 2 is 1.34 bits per heavy atom. The number of benzene rings is 7. The van der Waals surface area contributed by atoms with Crippen LogP contribution in [0.25, 0.3) is 33.5 Å². The quantitative estimate of drug-likeness (QED) is 0.142. The molecule has 0 heterocycles. The second kappa shape index (κ2) is 22.0. The molecule has 2 nitrogen and oxygen atoms in total. The number of nitrogens with two attached hydrogens (primary N) is 1. The van der Waals surface area contributed by atoms with Gasteiger partial charge in [-0.05, 0) is 148 Å². The van der Waals surface area contributed by atoms with Crippen molar-refractivity contribution in [1.82, 2.24) is 0 Å². The highest BCUT2D eigenvalue weighted by molar-refractivity contribution is 5.93. The van der Waals surface area contributed by atoms with Crippen LogP contribution < -0.4 is 11.1 Å². The molecule has 10 rings (SSSR count). The third kappa shape index (κ3) is 9.92. The standard InChI is InChI=1S/C51H47N.C11H10.C2H6.CH5N/c1-5-6-8-18-36(2)51(47-27-15-16-28-49(47)52-43-23-9-7-10-24-43)46-26-14-13-25-44(46)45-32-30-40(35-48(45)51)39-21-17-22-41(34-39)50(3,4)42-31-29-37-19-11-12-20-38(37)33-42;1-9-6-7-10-4-2-3-5-11(10)8-9;2*1-2/h5-10,12-13,15-18,20-25,27-35,52H,2,11,14,19,26H2,1,3-4H3;2-8H,1H3;1-2H3;2H2,1H3/b6-5-,18-8-;;;. The Labute approximate surface area is 401 Å². The zero-order valence-corrected chi connectivity index (χ0v) is 40.7. The minimum absolute atomic E-state index is 0.157. The number of fused-ring (bicyclic) bond motifs is 4. The highest BCUT2D eigenvalue weighted by atomic mass is 14.9. The maximum Gasteiger partial charge on any atom is 0.0691 e. The number of aryl methyl sites for hydroxylation is 2. The molecular weight excluding hydrogens is 809 g/mol. The van der Waals surface area contributed by atoms with Gasteiger partial charge >= 0.3 is 0 Å². The summed E-state index contributed by atoms with van der Waals surface area (Å²) in [4.78, 5) is 0. The lowest BCUT2D eigenvalue weighted by Gasteiger charge is -2.38. The number of hydrogen-bond donors (Lipinski definition) is 2. The predicted molar refractivity (Wildman–Crippen MR) is 293 cm³/mol. The molecule has 2 heteroatoms. The molecule has 1 atom stereocenters. The second-order valence-corrected chi connectivity index (χ2v) is 17.7. The topological polar surface area (TPSA) is 38.0 Å². The van der Waals surface area contributed by atoms with Gasteiger partial charge < -0.3 is 11.1 Å². The van der Waals surface area contributed by atoms with Crippen LogP contribution >= 0.6 is 0 Å². The van der Waals surface area contributed by atoms with Crippen LogP contribution in [0.1, 0.15) is 98.4 Å². The Morgan fingerprint density at radius 1 is 0.642 bits per heavy atom. The zero-order valence-electron chi connectivity index (χ0n) is 40.7. The average molecular weight is 877 g/mol. The average Bonchev–Trinajstić information content (AvgIpc) is 3.68. The number of allylic oxidation sites excluding steroid dienone is 10. The third-order valence-electron chi connectivity index (χ3n) is 13.4. The largest absolute Gasteiger partial charge is 0.355 e. The van der Waals surface area contributed by atoms with Crippen molar-refractivity contribution in [3.63, 3.8) is 0 Å². The molecule has 0 saturated carbocycles. The minimum atomic E-state index is -0.546. The monoisotopic (exact) mass is 877 g/mol. The molecule has 3 aliphatic carbocycles. The zero-order chi connectivity index (χ0) is 47.4. The van der Waals surface area contributed by atoms with Gasteiger partial charge in [-0.1, -0.05) is 222 Å². The molecule has 1 unspecified atom stereocenters. The number of hydrogen-bond acceptors (Lipinski definition) is 2. The molecule has 0 bridgehead atoms. The van der Waals surface area contributed by atoms with Gasteiger partial charge in [0, 0.05) is 16.8 Å². The second-order valence-electron chi connectivity index (χ2n) is 17.7. The van der Waals surface area contributed by atoms with E-state index in [0.29, 0.717) is 0 Å². The first kappa shape index (κ1) is 47.9. The lowest BCUT2D eigenvalue weighted by Crippen LogP contribution is -2.31. The molecule has 7 aromatic carbocycles. The summed E-state index contributed by atoms with van der Waals surface area (Å²) in [7, 11) is 1.50. The molecule has 0 aliphatic heterocycles. The van der Waals surface area contributed by atoms with E-state index in [1.54, 1.807) is 0 Å². The molecule has 3 aliphatic rings. The Hall–Kier alpha value is -7.00. The van der Waals surface area contributed by atoms with Crippen LogP contribution in [0.3, 0.4) is 0 Å². The first-order valence-corrected chi connectivity index (χ1v) is 24.2. The first-order valence-electron chi connectivity index (χ1n) is 24.2. The maximum absolute atomic E-state index is 4.90. The van der Waals surface area contributed by atoms with Crippen molar-refractivity contribution < 1.29 is 0 Å². The summed E-state index contributed by atoms with van der Waals surface area (Å²) in [5.74, 6) is 0. The minimum Gasteiger partial charge on any atom is -0.355 e. The van der Waals surface area contributed by atoms with Gasteiger partial charge in [-0.15, -0.1) is 0 Å². The van der Waals surface area contributed by atoms with Crippen LogP contribution in [0, 0.1) is 6.92 Å². The predicted octanol–water partition coefficient (Wildman–Crippen LogP) is 17.2. The van der Waals surface area contributed by atoms with E-state index in [2.05, 4.69) is 245 Å². The van der Waals surface area contributed by atoms with Crippen LogP contribution in [0.4, 0.5) is 11.4 Å². The Kier molecular flexibility index (Phi) is 15.7. The van der Waals surface area contributed by atoms with Crippen molar-refractivity contribution in [3.05, 3.63) is 262 Å². The van der Waals surface area contributed by atoms with Crippen LogP contribution in [0.15, 0.2) is 218 Å². The molecule has 338 valence electrons. The van der Waals surface area contributed by atoms with Crippen molar-refractivity contribution in [3.8, 4) is 11.1 Å². The normalized spacial score (nSPS) is 15.6.